The molecule has 0 aliphatic rings. The van der Waals surface area contributed by atoms with Crippen LogP contribution >= 0.6 is 0 Å². The highest BCUT2D eigenvalue weighted by Gasteiger charge is 2.13. The number of carbonyl (C=O) groups is 1. The molecule has 0 saturated carbocycles. The largest absolute Gasteiger partial charge is 0.489 e. The van der Waals surface area contributed by atoms with Crippen LogP contribution < -0.4 is 4.74 Å². The summed E-state index contributed by atoms with van der Waals surface area (Å²) >= 11 is 0. The lowest BCUT2D eigenvalue weighted by Crippen LogP contribution is -2.08. The molecule has 0 fully saturated rings. The van der Waals surface area contributed by atoms with E-state index in [1.807, 2.05) is 66.7 Å². The zero-order valence-corrected chi connectivity index (χ0v) is 17.2. The van der Waals surface area contributed by atoms with Crippen LogP contribution in [0.15, 0.2) is 78.9 Å². The van der Waals surface area contributed by atoms with Gasteiger partial charge in [0.1, 0.15) is 12.4 Å². The molecule has 0 bridgehead atoms. The number of hydrogen-bond acceptors (Lipinski definition) is 4. The van der Waals surface area contributed by atoms with Crippen LogP contribution in [0.4, 0.5) is 0 Å². The first kappa shape index (κ1) is 20.6. The summed E-state index contributed by atoms with van der Waals surface area (Å²) in [6.07, 6.45) is 0. The molecule has 0 aliphatic heterocycles. The first-order valence-electron chi connectivity index (χ1n) is 10.1. The van der Waals surface area contributed by atoms with Crippen LogP contribution in [0.25, 0.3) is 10.9 Å². The molecule has 0 unspecified atom stereocenters. The Morgan fingerprint density at radius 1 is 0.903 bits per heavy atom. The van der Waals surface area contributed by atoms with Gasteiger partial charge in [0.25, 0.3) is 0 Å². The molecule has 1 heterocycles. The molecule has 4 aromatic rings. The number of carboxylic acid groups (broad SMARTS) is 1. The van der Waals surface area contributed by atoms with Crippen molar-refractivity contribution < 1.29 is 19.4 Å². The highest BCUT2D eigenvalue weighted by molar-refractivity contribution is 5.91. The maximum Gasteiger partial charge on any atom is 0.336 e. The fourth-order valence-corrected chi connectivity index (χ4v) is 3.50. The van der Waals surface area contributed by atoms with E-state index in [2.05, 4.69) is 4.98 Å². The Morgan fingerprint density at radius 2 is 1.74 bits per heavy atom. The normalized spacial score (nSPS) is 10.9. The van der Waals surface area contributed by atoms with E-state index in [9.17, 15) is 9.90 Å². The topological polar surface area (TPSA) is 68.7 Å². The lowest BCUT2D eigenvalue weighted by atomic mass is 10.0. The van der Waals surface area contributed by atoms with Gasteiger partial charge in [-0.1, -0.05) is 54.6 Å². The predicted octanol–water partition coefficient (Wildman–Crippen LogP) is 5.54. The van der Waals surface area contributed by atoms with Gasteiger partial charge in [0.05, 0.1) is 30.0 Å². The number of fused-ring (bicyclic) bond motifs is 1. The van der Waals surface area contributed by atoms with Gasteiger partial charge in [-0.2, -0.15) is 0 Å². The molecule has 4 rings (SSSR count). The van der Waals surface area contributed by atoms with Crippen LogP contribution in [-0.4, -0.2) is 16.1 Å². The van der Waals surface area contributed by atoms with Crippen molar-refractivity contribution in [3.63, 3.8) is 0 Å². The van der Waals surface area contributed by atoms with Crippen LogP contribution in [0, 0.1) is 6.92 Å². The van der Waals surface area contributed by atoms with Crippen molar-refractivity contribution in [1.29, 1.82) is 0 Å². The summed E-state index contributed by atoms with van der Waals surface area (Å²) in [6.45, 7) is 2.82. The standard InChI is InChI=1S/C26H23NO4/c1-18-6-4-9-21(25(18)26(28)29)16-31-23-10-5-7-19(14-23)15-30-17-22-13-12-20-8-2-3-11-24(20)27-22/h2-14H,15-17H2,1H3,(H,28,29). The lowest BCUT2D eigenvalue weighted by molar-refractivity contribution is 0.0693. The highest BCUT2D eigenvalue weighted by atomic mass is 16.5. The maximum atomic E-state index is 11.5. The fourth-order valence-electron chi connectivity index (χ4n) is 3.50. The summed E-state index contributed by atoms with van der Waals surface area (Å²) in [7, 11) is 0. The van der Waals surface area contributed by atoms with Crippen molar-refractivity contribution in [3.8, 4) is 5.75 Å². The van der Waals surface area contributed by atoms with Gasteiger partial charge in [0.2, 0.25) is 0 Å². The molecule has 0 amide bonds. The number of ether oxygens (including phenoxy) is 2. The third kappa shape index (κ3) is 5.08. The first-order chi connectivity index (χ1) is 15.1. The van der Waals surface area contributed by atoms with Crippen LogP contribution in [0.2, 0.25) is 0 Å². The van der Waals surface area contributed by atoms with Gasteiger partial charge in [-0.05, 0) is 42.3 Å². The Balaban J connectivity index is 1.36. The summed E-state index contributed by atoms with van der Waals surface area (Å²) in [5.41, 5.74) is 4.48. The minimum Gasteiger partial charge on any atom is -0.489 e. The van der Waals surface area contributed by atoms with Gasteiger partial charge >= 0.3 is 5.97 Å². The predicted molar refractivity (Wildman–Crippen MR) is 119 cm³/mol. The summed E-state index contributed by atoms with van der Waals surface area (Å²) in [5.74, 6) is -0.274. The minimum atomic E-state index is -0.943. The molecule has 0 aliphatic carbocycles. The summed E-state index contributed by atoms with van der Waals surface area (Å²) in [6, 6.07) is 25.1. The smallest absolute Gasteiger partial charge is 0.336 e. The van der Waals surface area contributed by atoms with Crippen molar-refractivity contribution in [2.24, 2.45) is 0 Å². The Morgan fingerprint density at radius 3 is 2.61 bits per heavy atom. The van der Waals surface area contributed by atoms with Gasteiger partial charge in [-0.25, -0.2) is 4.79 Å². The molecule has 5 heteroatoms. The van der Waals surface area contributed by atoms with Crippen molar-refractivity contribution in [3.05, 3.63) is 107 Å². The third-order valence-electron chi connectivity index (χ3n) is 5.04. The van der Waals surface area contributed by atoms with Crippen LogP contribution in [0.3, 0.4) is 0 Å². The van der Waals surface area contributed by atoms with Gasteiger partial charge in [-0.15, -0.1) is 0 Å². The number of para-hydroxylation sites is 1. The van der Waals surface area contributed by atoms with Crippen molar-refractivity contribution in [2.45, 2.75) is 26.7 Å². The molecule has 156 valence electrons. The molecule has 5 nitrogen and oxygen atoms in total. The van der Waals surface area contributed by atoms with E-state index in [1.54, 1.807) is 19.1 Å². The summed E-state index contributed by atoms with van der Waals surface area (Å²) in [4.78, 5) is 16.2. The van der Waals surface area contributed by atoms with Crippen molar-refractivity contribution in [2.75, 3.05) is 0 Å². The van der Waals surface area contributed by atoms with E-state index in [0.717, 1.165) is 27.7 Å². The van der Waals surface area contributed by atoms with E-state index in [0.29, 0.717) is 30.1 Å². The average molecular weight is 413 g/mol. The molecule has 0 spiro atoms. The molecule has 0 radical (unpaired) electrons. The fraction of sp³-hybridized carbons (Fsp3) is 0.154. The number of carboxylic acids is 1. The Labute approximate surface area is 180 Å². The van der Waals surface area contributed by atoms with Crippen LogP contribution in [0.5, 0.6) is 5.75 Å². The third-order valence-corrected chi connectivity index (χ3v) is 5.04. The van der Waals surface area contributed by atoms with E-state index in [4.69, 9.17) is 9.47 Å². The Kier molecular flexibility index (Phi) is 6.24. The minimum absolute atomic E-state index is 0.189. The second-order valence-corrected chi connectivity index (χ2v) is 7.34. The number of rotatable bonds is 8. The van der Waals surface area contributed by atoms with Crippen molar-refractivity contribution in [1.82, 2.24) is 4.98 Å². The van der Waals surface area contributed by atoms with Gasteiger partial charge < -0.3 is 14.6 Å². The Bertz CT molecular complexity index is 1220. The monoisotopic (exact) mass is 413 g/mol. The molecule has 3 aromatic carbocycles. The zero-order valence-electron chi connectivity index (χ0n) is 17.2. The molecular formula is C26H23NO4. The van der Waals surface area contributed by atoms with E-state index in [-0.39, 0.29) is 6.61 Å². The van der Waals surface area contributed by atoms with Crippen molar-refractivity contribution >= 4 is 16.9 Å². The van der Waals surface area contributed by atoms with Gasteiger partial charge in [-0.3, -0.25) is 4.98 Å². The summed E-state index contributed by atoms with van der Waals surface area (Å²) in [5, 5.41) is 10.6. The number of aryl methyl sites for hydroxylation is 1. The van der Waals surface area contributed by atoms with Gasteiger partial charge in [0, 0.05) is 10.9 Å². The number of benzene rings is 3. The second-order valence-electron chi connectivity index (χ2n) is 7.34. The Hall–Kier alpha value is -3.70. The van der Waals surface area contributed by atoms with E-state index in [1.165, 1.54) is 0 Å². The number of pyridine rings is 1. The van der Waals surface area contributed by atoms with Gasteiger partial charge in [0.15, 0.2) is 0 Å². The van der Waals surface area contributed by atoms with Crippen LogP contribution in [-0.2, 0) is 24.6 Å². The number of aromatic carboxylic acids is 1. The second kappa shape index (κ2) is 9.41. The number of aromatic nitrogens is 1. The zero-order chi connectivity index (χ0) is 21.6. The lowest BCUT2D eigenvalue weighted by Gasteiger charge is -2.12. The highest BCUT2D eigenvalue weighted by Crippen LogP contribution is 2.20. The average Bonchev–Trinajstić information content (AvgIpc) is 2.77. The van der Waals surface area contributed by atoms with Crippen LogP contribution in [0.1, 0.15) is 32.7 Å². The summed E-state index contributed by atoms with van der Waals surface area (Å²) < 4.78 is 11.7. The maximum absolute atomic E-state index is 11.5. The first-order valence-corrected chi connectivity index (χ1v) is 10.1. The SMILES string of the molecule is Cc1cccc(COc2cccc(COCc3ccc4ccccc4n3)c2)c1C(=O)O. The molecule has 0 atom stereocenters. The molecular weight excluding hydrogens is 390 g/mol. The number of hydrogen-bond donors (Lipinski definition) is 1. The quantitative estimate of drug-likeness (QED) is 0.411. The van der Waals surface area contributed by atoms with E-state index >= 15 is 0 Å². The van der Waals surface area contributed by atoms with E-state index < -0.39 is 5.97 Å². The molecule has 1 N–H and O–H groups in total. The molecule has 1 aromatic heterocycles. The number of nitrogens with zero attached hydrogens (tertiary/aromatic N) is 1. The molecule has 31 heavy (non-hydrogen) atoms. The molecule has 0 saturated heterocycles.